The Morgan fingerprint density at radius 3 is 2.44 bits per heavy atom. The first-order chi connectivity index (χ1) is 12.1. The van der Waals surface area contributed by atoms with Crippen LogP contribution >= 0.6 is 0 Å². The first kappa shape index (κ1) is 18.6. The Hall–Kier alpha value is -2.73. The van der Waals surface area contributed by atoms with Crippen molar-refractivity contribution in [1.82, 2.24) is 0 Å². The molecule has 6 nitrogen and oxygen atoms in total. The molecule has 0 heterocycles. The van der Waals surface area contributed by atoms with E-state index in [1.54, 1.807) is 50.6 Å². The van der Waals surface area contributed by atoms with Crippen LogP contribution in [-0.4, -0.2) is 33.8 Å². The zero-order chi connectivity index (χ0) is 18.2. The minimum atomic E-state index is -0.246. The Morgan fingerprint density at radius 2 is 1.80 bits per heavy atom. The molecule has 0 radical (unpaired) electrons. The molecule has 0 aliphatic heterocycles. The molecule has 2 aromatic rings. The highest BCUT2D eigenvalue weighted by Crippen LogP contribution is 2.30. The number of rotatable bonds is 8. The summed E-state index contributed by atoms with van der Waals surface area (Å²) in [7, 11) is 4.72. The topological polar surface area (TPSA) is 66.0 Å². The van der Waals surface area contributed by atoms with E-state index in [9.17, 15) is 4.79 Å². The standard InChI is InChI=1S/C19H23NO5/c1-5-25-17-9-6-13(10-14(17)12-22-2)19(21)20-16-8-7-15(23-3)11-18(16)24-4/h6-11H,5,12H2,1-4H3,(H,20,21). The summed E-state index contributed by atoms with van der Waals surface area (Å²) >= 11 is 0. The van der Waals surface area contributed by atoms with Gasteiger partial charge in [-0.15, -0.1) is 0 Å². The van der Waals surface area contributed by atoms with Gasteiger partial charge in [0.25, 0.3) is 5.91 Å². The van der Waals surface area contributed by atoms with Gasteiger partial charge in [0.05, 0.1) is 33.1 Å². The molecule has 0 aliphatic rings. The lowest BCUT2D eigenvalue weighted by Gasteiger charge is -2.14. The molecule has 1 N–H and O–H groups in total. The Morgan fingerprint density at radius 1 is 1.00 bits per heavy atom. The third-order valence-corrected chi connectivity index (χ3v) is 3.58. The molecule has 2 rings (SSSR count). The number of amides is 1. The van der Waals surface area contributed by atoms with E-state index >= 15 is 0 Å². The van der Waals surface area contributed by atoms with Gasteiger partial charge in [0, 0.05) is 24.3 Å². The highest BCUT2D eigenvalue weighted by Gasteiger charge is 2.13. The molecule has 1 amide bonds. The minimum Gasteiger partial charge on any atom is -0.497 e. The molecule has 0 unspecified atom stereocenters. The Balaban J connectivity index is 2.24. The lowest BCUT2D eigenvalue weighted by atomic mass is 10.1. The number of hydrogen-bond acceptors (Lipinski definition) is 5. The Kier molecular flexibility index (Phi) is 6.65. The Bertz CT molecular complexity index is 730. The van der Waals surface area contributed by atoms with Crippen LogP contribution in [-0.2, 0) is 11.3 Å². The summed E-state index contributed by atoms with van der Waals surface area (Å²) in [5.41, 5.74) is 1.89. The average molecular weight is 345 g/mol. The van der Waals surface area contributed by atoms with Gasteiger partial charge in [0.2, 0.25) is 0 Å². The molecular formula is C19H23NO5. The number of benzene rings is 2. The summed E-state index contributed by atoms with van der Waals surface area (Å²) in [5, 5.41) is 2.85. The van der Waals surface area contributed by atoms with Crippen LogP contribution in [0.15, 0.2) is 36.4 Å². The first-order valence-electron chi connectivity index (χ1n) is 7.91. The smallest absolute Gasteiger partial charge is 0.255 e. The van der Waals surface area contributed by atoms with E-state index in [0.29, 0.717) is 41.7 Å². The highest BCUT2D eigenvalue weighted by atomic mass is 16.5. The van der Waals surface area contributed by atoms with Crippen LogP contribution in [0.4, 0.5) is 5.69 Å². The van der Waals surface area contributed by atoms with Crippen LogP contribution in [0.3, 0.4) is 0 Å². The molecule has 0 aliphatic carbocycles. The molecule has 0 bridgehead atoms. The molecule has 0 atom stereocenters. The normalized spacial score (nSPS) is 10.2. The van der Waals surface area contributed by atoms with Crippen molar-refractivity contribution in [3.05, 3.63) is 47.5 Å². The van der Waals surface area contributed by atoms with Crippen molar-refractivity contribution in [2.45, 2.75) is 13.5 Å². The summed E-state index contributed by atoms with van der Waals surface area (Å²) in [4.78, 5) is 12.6. The van der Waals surface area contributed by atoms with Crippen LogP contribution in [0, 0.1) is 0 Å². The second-order valence-corrected chi connectivity index (χ2v) is 5.21. The van der Waals surface area contributed by atoms with Gasteiger partial charge in [0.1, 0.15) is 17.2 Å². The van der Waals surface area contributed by atoms with E-state index in [-0.39, 0.29) is 5.91 Å². The quantitative estimate of drug-likeness (QED) is 0.793. The van der Waals surface area contributed by atoms with Gasteiger partial charge in [-0.1, -0.05) is 0 Å². The van der Waals surface area contributed by atoms with Crippen molar-refractivity contribution in [2.24, 2.45) is 0 Å². The van der Waals surface area contributed by atoms with Crippen LogP contribution in [0.1, 0.15) is 22.8 Å². The van der Waals surface area contributed by atoms with Crippen molar-refractivity contribution in [2.75, 3.05) is 33.3 Å². The van der Waals surface area contributed by atoms with Crippen molar-refractivity contribution >= 4 is 11.6 Å². The van der Waals surface area contributed by atoms with Crippen LogP contribution in [0.2, 0.25) is 0 Å². The summed E-state index contributed by atoms with van der Waals surface area (Å²) in [5.74, 6) is 1.64. The first-order valence-corrected chi connectivity index (χ1v) is 7.91. The number of carbonyl (C=O) groups is 1. The molecule has 0 aromatic heterocycles. The summed E-state index contributed by atoms with van der Waals surface area (Å²) < 4.78 is 21.2. The van der Waals surface area contributed by atoms with Gasteiger partial charge in [0.15, 0.2) is 0 Å². The second-order valence-electron chi connectivity index (χ2n) is 5.21. The lowest BCUT2D eigenvalue weighted by molar-refractivity contribution is 0.102. The minimum absolute atomic E-state index is 0.246. The van der Waals surface area contributed by atoms with Crippen LogP contribution in [0.25, 0.3) is 0 Å². The average Bonchev–Trinajstić information content (AvgIpc) is 2.63. The maximum atomic E-state index is 12.6. The van der Waals surface area contributed by atoms with Gasteiger partial charge in [-0.05, 0) is 37.3 Å². The fraction of sp³-hybridized carbons (Fsp3) is 0.316. The van der Waals surface area contributed by atoms with E-state index in [4.69, 9.17) is 18.9 Å². The van der Waals surface area contributed by atoms with Crippen molar-refractivity contribution < 1.29 is 23.7 Å². The molecule has 2 aromatic carbocycles. The zero-order valence-electron chi connectivity index (χ0n) is 14.9. The third kappa shape index (κ3) is 4.64. The third-order valence-electron chi connectivity index (χ3n) is 3.58. The van der Waals surface area contributed by atoms with Crippen LogP contribution in [0.5, 0.6) is 17.2 Å². The number of ether oxygens (including phenoxy) is 4. The fourth-order valence-electron chi connectivity index (χ4n) is 2.38. The number of carbonyl (C=O) groups excluding carboxylic acids is 1. The molecule has 134 valence electrons. The predicted molar refractivity (Wildman–Crippen MR) is 95.8 cm³/mol. The van der Waals surface area contributed by atoms with Gasteiger partial charge in [-0.25, -0.2) is 0 Å². The van der Waals surface area contributed by atoms with E-state index in [1.165, 1.54) is 7.11 Å². The van der Waals surface area contributed by atoms with E-state index in [1.807, 2.05) is 6.92 Å². The maximum absolute atomic E-state index is 12.6. The molecule has 25 heavy (non-hydrogen) atoms. The molecular weight excluding hydrogens is 322 g/mol. The van der Waals surface area contributed by atoms with Crippen molar-refractivity contribution in [3.63, 3.8) is 0 Å². The van der Waals surface area contributed by atoms with Gasteiger partial charge >= 0.3 is 0 Å². The number of hydrogen-bond donors (Lipinski definition) is 1. The summed E-state index contributed by atoms with van der Waals surface area (Å²) in [6, 6.07) is 10.5. The molecule has 0 fully saturated rings. The van der Waals surface area contributed by atoms with Crippen LogP contribution < -0.4 is 19.5 Å². The van der Waals surface area contributed by atoms with Gasteiger partial charge < -0.3 is 24.3 Å². The number of methoxy groups -OCH3 is 3. The largest absolute Gasteiger partial charge is 0.497 e. The lowest BCUT2D eigenvalue weighted by Crippen LogP contribution is -2.13. The molecule has 0 spiro atoms. The van der Waals surface area contributed by atoms with E-state index in [0.717, 1.165) is 5.56 Å². The number of nitrogens with one attached hydrogen (secondary N) is 1. The predicted octanol–water partition coefficient (Wildman–Crippen LogP) is 3.50. The monoisotopic (exact) mass is 345 g/mol. The van der Waals surface area contributed by atoms with Crippen molar-refractivity contribution in [3.8, 4) is 17.2 Å². The highest BCUT2D eigenvalue weighted by molar-refractivity contribution is 6.05. The summed E-state index contributed by atoms with van der Waals surface area (Å²) in [6.07, 6.45) is 0. The summed E-state index contributed by atoms with van der Waals surface area (Å²) in [6.45, 7) is 2.82. The second kappa shape index (κ2) is 8.94. The Labute approximate surface area is 147 Å². The van der Waals surface area contributed by atoms with Crippen molar-refractivity contribution in [1.29, 1.82) is 0 Å². The zero-order valence-corrected chi connectivity index (χ0v) is 14.9. The molecule has 0 saturated heterocycles. The molecule has 6 heteroatoms. The number of anilines is 1. The SMILES string of the molecule is CCOc1ccc(C(=O)Nc2ccc(OC)cc2OC)cc1COC. The maximum Gasteiger partial charge on any atom is 0.255 e. The van der Waals surface area contributed by atoms with E-state index < -0.39 is 0 Å². The fourth-order valence-corrected chi connectivity index (χ4v) is 2.38. The van der Waals surface area contributed by atoms with Gasteiger partial charge in [-0.3, -0.25) is 4.79 Å². The van der Waals surface area contributed by atoms with Gasteiger partial charge in [-0.2, -0.15) is 0 Å². The van der Waals surface area contributed by atoms with E-state index in [2.05, 4.69) is 5.32 Å². The molecule has 0 saturated carbocycles.